The molecule has 0 saturated carbocycles. The number of amides is 1. The Bertz CT molecular complexity index is 1070. The van der Waals surface area contributed by atoms with Crippen LogP contribution in [0, 0.1) is 6.92 Å². The van der Waals surface area contributed by atoms with Crippen molar-refractivity contribution in [2.45, 2.75) is 45.1 Å². The zero-order chi connectivity index (χ0) is 20.2. The molecule has 8 heteroatoms. The van der Waals surface area contributed by atoms with E-state index in [9.17, 15) is 9.59 Å². The van der Waals surface area contributed by atoms with E-state index in [2.05, 4.69) is 20.4 Å². The molecule has 152 valence electrons. The highest BCUT2D eigenvalue weighted by Crippen LogP contribution is 2.19. The first-order chi connectivity index (χ1) is 14.1. The third-order valence-corrected chi connectivity index (χ3v) is 5.05. The summed E-state index contributed by atoms with van der Waals surface area (Å²) in [6.07, 6.45) is 3.64. The number of H-pyrrole nitrogens is 1. The summed E-state index contributed by atoms with van der Waals surface area (Å²) in [6.45, 7) is 3.33. The number of fused-ring (bicyclic) bond motifs is 1. The van der Waals surface area contributed by atoms with Crippen molar-refractivity contribution in [2.24, 2.45) is 0 Å². The Labute approximate surface area is 167 Å². The Kier molecular flexibility index (Phi) is 5.71. The Hall–Kier alpha value is -3.00. The van der Waals surface area contributed by atoms with Gasteiger partial charge in [-0.1, -0.05) is 16.8 Å². The number of carbonyl (C=O) groups excluding carboxylic acids is 1. The predicted molar refractivity (Wildman–Crippen MR) is 108 cm³/mol. The summed E-state index contributed by atoms with van der Waals surface area (Å²) < 4.78 is 10.8. The van der Waals surface area contributed by atoms with Crippen LogP contribution in [-0.2, 0) is 16.0 Å². The number of pyridine rings is 1. The fraction of sp³-hybridized carbons (Fsp3) is 0.429. The van der Waals surface area contributed by atoms with Crippen molar-refractivity contribution in [3.05, 3.63) is 46.1 Å². The number of carbonyl (C=O) groups is 1. The van der Waals surface area contributed by atoms with E-state index < -0.39 is 0 Å². The van der Waals surface area contributed by atoms with Gasteiger partial charge < -0.3 is 19.6 Å². The molecule has 3 aromatic rings. The van der Waals surface area contributed by atoms with E-state index in [-0.39, 0.29) is 23.4 Å². The van der Waals surface area contributed by atoms with Gasteiger partial charge in [-0.05, 0) is 49.8 Å². The number of nitrogens with zero attached hydrogens (tertiary/aromatic N) is 2. The largest absolute Gasteiger partial charge is 0.376 e. The molecule has 8 nitrogen and oxygen atoms in total. The normalized spacial score (nSPS) is 16.4. The van der Waals surface area contributed by atoms with Crippen LogP contribution in [0.4, 0.5) is 0 Å². The third kappa shape index (κ3) is 4.71. The number of aromatic nitrogens is 3. The molecule has 29 heavy (non-hydrogen) atoms. The SMILES string of the molecule is Cc1ccc2[nH]c(=O)c(-c3noc(CCCC(=O)NC[C@@H]4CCCO4)n3)cc2c1. The summed E-state index contributed by atoms with van der Waals surface area (Å²) in [5.41, 5.74) is 1.97. The molecule has 1 amide bonds. The van der Waals surface area contributed by atoms with Crippen LogP contribution < -0.4 is 10.9 Å². The number of aromatic amines is 1. The number of aryl methyl sites for hydroxylation is 2. The topological polar surface area (TPSA) is 110 Å². The van der Waals surface area contributed by atoms with Crippen LogP contribution in [-0.4, -0.2) is 40.3 Å². The van der Waals surface area contributed by atoms with Crippen LogP contribution in [0.1, 0.15) is 37.1 Å². The summed E-state index contributed by atoms with van der Waals surface area (Å²) in [7, 11) is 0. The minimum atomic E-state index is -0.262. The number of ether oxygens (including phenoxy) is 1. The van der Waals surface area contributed by atoms with Crippen molar-refractivity contribution in [1.29, 1.82) is 0 Å². The second-order valence-electron chi connectivity index (χ2n) is 7.41. The Morgan fingerprint density at radius 3 is 3.07 bits per heavy atom. The van der Waals surface area contributed by atoms with Crippen molar-refractivity contribution in [3.63, 3.8) is 0 Å². The molecule has 2 N–H and O–H groups in total. The number of rotatable bonds is 7. The molecular weight excluding hydrogens is 372 g/mol. The van der Waals surface area contributed by atoms with Crippen LogP contribution in [0.25, 0.3) is 22.3 Å². The van der Waals surface area contributed by atoms with E-state index >= 15 is 0 Å². The third-order valence-electron chi connectivity index (χ3n) is 5.05. The zero-order valence-corrected chi connectivity index (χ0v) is 16.4. The lowest BCUT2D eigenvalue weighted by molar-refractivity contribution is -0.121. The van der Waals surface area contributed by atoms with Crippen molar-refractivity contribution in [2.75, 3.05) is 13.2 Å². The second kappa shape index (κ2) is 8.57. The van der Waals surface area contributed by atoms with E-state index in [1.54, 1.807) is 6.07 Å². The van der Waals surface area contributed by atoms with Gasteiger partial charge in [-0.15, -0.1) is 0 Å². The van der Waals surface area contributed by atoms with Gasteiger partial charge in [0.2, 0.25) is 17.6 Å². The summed E-state index contributed by atoms with van der Waals surface area (Å²) in [5, 5.41) is 7.75. The average Bonchev–Trinajstić information content (AvgIpc) is 3.38. The van der Waals surface area contributed by atoms with Crippen molar-refractivity contribution in [3.8, 4) is 11.4 Å². The smallest absolute Gasteiger partial charge is 0.259 e. The Balaban J connectivity index is 1.35. The lowest BCUT2D eigenvalue weighted by atomic mass is 10.1. The van der Waals surface area contributed by atoms with Gasteiger partial charge in [-0.25, -0.2) is 0 Å². The Morgan fingerprint density at radius 1 is 1.34 bits per heavy atom. The molecule has 0 bridgehead atoms. The fourth-order valence-corrected chi connectivity index (χ4v) is 3.48. The molecule has 2 aromatic heterocycles. The predicted octanol–water partition coefficient (Wildman–Crippen LogP) is 2.50. The lowest BCUT2D eigenvalue weighted by Gasteiger charge is -2.10. The van der Waals surface area contributed by atoms with Crippen LogP contribution in [0.3, 0.4) is 0 Å². The molecule has 1 aliphatic rings. The molecule has 1 fully saturated rings. The number of nitrogens with one attached hydrogen (secondary N) is 2. The minimum Gasteiger partial charge on any atom is -0.376 e. The maximum absolute atomic E-state index is 12.4. The van der Waals surface area contributed by atoms with E-state index in [0.717, 1.165) is 35.9 Å². The quantitative estimate of drug-likeness (QED) is 0.635. The monoisotopic (exact) mass is 396 g/mol. The van der Waals surface area contributed by atoms with Gasteiger partial charge >= 0.3 is 0 Å². The van der Waals surface area contributed by atoms with Gasteiger partial charge in [-0.3, -0.25) is 9.59 Å². The van der Waals surface area contributed by atoms with Gasteiger partial charge in [0, 0.05) is 31.5 Å². The van der Waals surface area contributed by atoms with Gasteiger partial charge in [0.05, 0.1) is 11.7 Å². The summed E-state index contributed by atoms with van der Waals surface area (Å²) >= 11 is 0. The van der Waals surface area contributed by atoms with Crippen LogP contribution in [0.15, 0.2) is 33.6 Å². The number of hydrogen-bond donors (Lipinski definition) is 2. The van der Waals surface area contributed by atoms with E-state index in [1.807, 2.05) is 25.1 Å². The first-order valence-corrected chi connectivity index (χ1v) is 9.93. The molecular formula is C21H24N4O4. The highest BCUT2D eigenvalue weighted by Gasteiger charge is 2.17. The van der Waals surface area contributed by atoms with Crippen molar-refractivity contribution < 1.29 is 14.1 Å². The highest BCUT2D eigenvalue weighted by molar-refractivity contribution is 5.82. The second-order valence-corrected chi connectivity index (χ2v) is 7.41. The molecule has 0 spiro atoms. The van der Waals surface area contributed by atoms with Crippen LogP contribution >= 0.6 is 0 Å². The first kappa shape index (κ1) is 19.3. The van der Waals surface area contributed by atoms with E-state index in [1.165, 1.54) is 0 Å². The molecule has 3 heterocycles. The standard InChI is InChI=1S/C21H24N4O4/c1-13-7-8-17-14(10-13)11-16(21(27)23-17)20-24-19(29-25-20)6-2-5-18(26)22-12-15-4-3-9-28-15/h7-8,10-11,15H,2-6,9,12H2,1H3,(H,22,26)(H,23,27)/t15-/m0/s1. The molecule has 1 saturated heterocycles. The highest BCUT2D eigenvalue weighted by atomic mass is 16.5. The molecule has 1 aliphatic heterocycles. The maximum Gasteiger partial charge on any atom is 0.259 e. The first-order valence-electron chi connectivity index (χ1n) is 9.93. The summed E-state index contributed by atoms with van der Waals surface area (Å²) in [6, 6.07) is 7.59. The van der Waals surface area contributed by atoms with Crippen molar-refractivity contribution in [1.82, 2.24) is 20.4 Å². The molecule has 1 atom stereocenters. The van der Waals surface area contributed by atoms with Gasteiger partial charge in [0.15, 0.2) is 0 Å². The summed E-state index contributed by atoms with van der Waals surface area (Å²) in [4.78, 5) is 31.5. The maximum atomic E-state index is 12.4. The fourth-order valence-electron chi connectivity index (χ4n) is 3.48. The summed E-state index contributed by atoms with van der Waals surface area (Å²) in [5.74, 6) is 0.657. The van der Waals surface area contributed by atoms with Gasteiger partial charge in [0.25, 0.3) is 5.56 Å². The Morgan fingerprint density at radius 2 is 2.24 bits per heavy atom. The van der Waals surface area contributed by atoms with Crippen molar-refractivity contribution >= 4 is 16.8 Å². The molecule has 1 aromatic carbocycles. The van der Waals surface area contributed by atoms with E-state index in [4.69, 9.17) is 9.26 Å². The lowest BCUT2D eigenvalue weighted by Crippen LogP contribution is -2.31. The van der Waals surface area contributed by atoms with Crippen LogP contribution in [0.5, 0.6) is 0 Å². The average molecular weight is 396 g/mol. The molecule has 0 aliphatic carbocycles. The molecule has 0 radical (unpaired) electrons. The molecule has 4 rings (SSSR count). The number of benzene rings is 1. The molecule has 0 unspecified atom stereocenters. The minimum absolute atomic E-state index is 0.0124. The van der Waals surface area contributed by atoms with Crippen LogP contribution in [0.2, 0.25) is 0 Å². The number of hydrogen-bond acceptors (Lipinski definition) is 6. The van der Waals surface area contributed by atoms with Gasteiger partial charge in [0.1, 0.15) is 0 Å². The zero-order valence-electron chi connectivity index (χ0n) is 16.4. The van der Waals surface area contributed by atoms with Gasteiger partial charge in [-0.2, -0.15) is 4.98 Å². The van der Waals surface area contributed by atoms with E-state index in [0.29, 0.717) is 37.3 Å².